The molecule has 6 fully saturated rings. The number of ether oxygens (including phenoxy) is 10. The largest absolute Gasteiger partial charge is 2.00 e. The molecular formula is C30H42CuN4O14. The van der Waals surface area contributed by atoms with E-state index < -0.39 is 83.3 Å². The van der Waals surface area contributed by atoms with Gasteiger partial charge >= 0.3 is 17.1 Å². The fourth-order valence-electron chi connectivity index (χ4n) is 6.09. The average molecular weight is 746 g/mol. The Morgan fingerprint density at radius 3 is 1.22 bits per heavy atom. The maximum absolute atomic E-state index is 11.5. The molecule has 0 aromatic heterocycles. The number of carbonyl (C=O) groups is 2. The zero-order valence-electron chi connectivity index (χ0n) is 28.4. The molecule has 6 saturated heterocycles. The molecule has 8 aliphatic rings. The number of carboxylic acid groups (broad SMARTS) is 2. The van der Waals surface area contributed by atoms with Crippen LogP contribution in [0.4, 0.5) is 0 Å². The molecule has 0 spiro atoms. The van der Waals surface area contributed by atoms with E-state index in [2.05, 4.69) is 20.0 Å². The Morgan fingerprint density at radius 2 is 0.959 bits per heavy atom. The Labute approximate surface area is 294 Å². The van der Waals surface area contributed by atoms with Crippen molar-refractivity contribution in [3.63, 3.8) is 0 Å². The molecule has 0 saturated carbocycles. The molecule has 0 aromatic carbocycles. The van der Waals surface area contributed by atoms with Crippen LogP contribution in [0, 0.1) is 0 Å². The predicted molar refractivity (Wildman–Crippen MR) is 159 cm³/mol. The van der Waals surface area contributed by atoms with Crippen molar-refractivity contribution in [3.05, 3.63) is 0 Å². The van der Waals surface area contributed by atoms with Crippen LogP contribution in [0.5, 0.6) is 0 Å². The molecule has 0 unspecified atom stereocenters. The van der Waals surface area contributed by atoms with Crippen molar-refractivity contribution in [3.8, 4) is 0 Å². The van der Waals surface area contributed by atoms with Crippen LogP contribution in [-0.2, 0) is 74.0 Å². The summed E-state index contributed by atoms with van der Waals surface area (Å²) in [6, 6.07) is 0. The van der Waals surface area contributed by atoms with Gasteiger partial charge in [0.05, 0.1) is 26.3 Å². The third kappa shape index (κ3) is 8.45. The molecular weight excluding hydrogens is 704 g/mol. The van der Waals surface area contributed by atoms with Crippen molar-refractivity contribution < 1.29 is 84.2 Å². The van der Waals surface area contributed by atoms with Crippen molar-refractivity contribution in [2.75, 3.05) is 26.3 Å². The summed E-state index contributed by atoms with van der Waals surface area (Å²) in [4.78, 5) is 37.7. The zero-order valence-corrected chi connectivity index (χ0v) is 29.3. The van der Waals surface area contributed by atoms with Crippen LogP contribution < -0.4 is 10.2 Å². The number of hydrogen-bond acceptors (Lipinski definition) is 18. The van der Waals surface area contributed by atoms with E-state index in [9.17, 15) is 19.8 Å². The van der Waals surface area contributed by atoms with E-state index in [4.69, 9.17) is 47.4 Å². The van der Waals surface area contributed by atoms with Crippen molar-refractivity contribution in [2.45, 2.75) is 127 Å². The summed E-state index contributed by atoms with van der Waals surface area (Å²) in [7, 11) is 0. The predicted octanol–water partition coefficient (Wildman–Crippen LogP) is -1.54. The third-order valence-electron chi connectivity index (χ3n) is 7.83. The van der Waals surface area contributed by atoms with Crippen LogP contribution in [0.25, 0.3) is 0 Å². The number of carboxylic acids is 2. The number of aliphatic imine (C=N–C) groups is 4. The summed E-state index contributed by atoms with van der Waals surface area (Å²) in [6.45, 7) is 15.5. The minimum atomic E-state index is -1.93. The average Bonchev–Trinajstić information content (AvgIpc) is 3.81. The molecule has 0 amide bonds. The first-order valence-electron chi connectivity index (χ1n) is 15.5. The molecule has 0 aromatic rings. The van der Waals surface area contributed by atoms with E-state index in [1.54, 1.807) is 80.5 Å². The van der Waals surface area contributed by atoms with E-state index in [0.29, 0.717) is 0 Å². The van der Waals surface area contributed by atoms with Crippen molar-refractivity contribution in [1.82, 2.24) is 0 Å². The molecule has 49 heavy (non-hydrogen) atoms. The number of rotatable bonds is 2. The van der Waals surface area contributed by atoms with Gasteiger partial charge in [0.2, 0.25) is 11.6 Å². The maximum Gasteiger partial charge on any atom is 2.00 e. The van der Waals surface area contributed by atoms with E-state index in [1.165, 1.54) is 0 Å². The molecule has 8 rings (SSSR count). The summed E-state index contributed by atoms with van der Waals surface area (Å²) in [6.07, 6.45) is 2.66. The second-order valence-corrected chi connectivity index (χ2v) is 13.5. The van der Waals surface area contributed by atoms with Gasteiger partial charge in [-0.05, 0) is 55.4 Å². The second kappa shape index (κ2) is 14.4. The minimum absolute atomic E-state index is 0. The van der Waals surface area contributed by atoms with Gasteiger partial charge in [-0.3, -0.25) is 9.98 Å². The summed E-state index contributed by atoms with van der Waals surface area (Å²) >= 11 is 0. The van der Waals surface area contributed by atoms with Gasteiger partial charge in [0.25, 0.3) is 0 Å². The van der Waals surface area contributed by atoms with Crippen LogP contribution >= 0.6 is 0 Å². The summed E-state index contributed by atoms with van der Waals surface area (Å²) in [5, 5.41) is 22.9. The zero-order chi connectivity index (χ0) is 35.2. The maximum atomic E-state index is 11.5. The van der Waals surface area contributed by atoms with Gasteiger partial charge in [-0.15, -0.1) is 0 Å². The fraction of sp³-hybridized carbons (Fsp3) is 0.800. The van der Waals surface area contributed by atoms with E-state index in [-0.39, 0.29) is 30.3 Å². The van der Waals surface area contributed by atoms with Crippen LogP contribution in [0.1, 0.15) is 55.4 Å². The third-order valence-corrected chi connectivity index (χ3v) is 7.83. The number of hydrogen-bond donors (Lipinski definition) is 0. The number of aliphatic carboxylic acids is 2. The Hall–Kier alpha value is -2.26. The molecule has 19 heteroatoms. The van der Waals surface area contributed by atoms with Gasteiger partial charge in [0.15, 0.2) is 23.1 Å². The molecule has 8 aliphatic heterocycles. The first-order valence-corrected chi connectivity index (χ1v) is 15.5. The molecule has 18 nitrogen and oxygen atoms in total. The smallest absolute Gasteiger partial charge is 0.544 e. The van der Waals surface area contributed by atoms with Gasteiger partial charge in [-0.25, -0.2) is 9.98 Å². The van der Waals surface area contributed by atoms with Gasteiger partial charge in [-0.2, -0.15) is 0 Å². The van der Waals surface area contributed by atoms with Gasteiger partial charge in [-0.1, -0.05) is 0 Å². The van der Waals surface area contributed by atoms with Crippen LogP contribution in [0.15, 0.2) is 20.0 Å². The van der Waals surface area contributed by atoms with Crippen LogP contribution in [0.3, 0.4) is 0 Å². The van der Waals surface area contributed by atoms with E-state index in [1.807, 2.05) is 0 Å². The van der Waals surface area contributed by atoms with Gasteiger partial charge in [0.1, 0.15) is 61.2 Å². The monoisotopic (exact) mass is 745 g/mol. The molecule has 277 valence electrons. The molecule has 8 heterocycles. The standard InChI is InChI=1S/2C12H18O7.2C3H4N2.Cu/c2*1-10(2)15-5-6-7(17-10)8-12(16-6,9(13)14)19-11(3,4)18-8;2*1-2-5-3-4-1;/h2*6-8H,5H2,1-4H3,(H,13,14);2*1,3H,2H2;/q;;;;+2/p-2/t2*6-,7+,8-,12+;;;/m00.../s1. The first kappa shape index (κ1) is 39.5. The minimum Gasteiger partial charge on any atom is -0.544 e. The van der Waals surface area contributed by atoms with Crippen molar-refractivity contribution in [2.24, 2.45) is 20.0 Å². The Kier molecular flexibility index (Phi) is 11.6. The van der Waals surface area contributed by atoms with Crippen LogP contribution in [-0.4, -0.2) is 135 Å². The topological polar surface area (TPSA) is 222 Å². The fourth-order valence-corrected chi connectivity index (χ4v) is 6.09. The van der Waals surface area contributed by atoms with Gasteiger partial charge in [0, 0.05) is 12.4 Å². The summed E-state index contributed by atoms with van der Waals surface area (Å²) < 4.78 is 55.6. The Morgan fingerprint density at radius 1 is 0.592 bits per heavy atom. The molecule has 0 bridgehead atoms. The molecule has 0 aliphatic carbocycles. The van der Waals surface area contributed by atoms with Gasteiger partial charge < -0.3 is 67.2 Å². The van der Waals surface area contributed by atoms with Crippen molar-refractivity contribution in [1.29, 1.82) is 0 Å². The van der Waals surface area contributed by atoms with E-state index in [0.717, 1.165) is 13.1 Å². The van der Waals surface area contributed by atoms with Crippen molar-refractivity contribution >= 4 is 37.0 Å². The van der Waals surface area contributed by atoms with E-state index >= 15 is 0 Å². The molecule has 8 atom stereocenters. The molecule has 1 radical (unpaired) electrons. The normalized spacial score (nSPS) is 39.8. The molecule has 0 N–H and O–H groups in total. The first-order chi connectivity index (χ1) is 22.3. The number of nitrogens with zero attached hydrogens (tertiary/aromatic N) is 4. The summed E-state index contributed by atoms with van der Waals surface area (Å²) in [5.41, 5.74) is 0. The Balaban J connectivity index is 0.000000169. The SMILES string of the molecule is C1=NC=NC1.C1=NC=NC1.CC1(C)OC[C@@H]2O[C@@]3(C(=O)[O-])OC(C)(C)O[C@H]3[C@@H]2O1.CC1(C)OC[C@@H]2O[C@@]3(C(=O)[O-])OC(C)(C)O[C@H]3[C@@H]2O1.[Cu+2]. The second-order valence-electron chi connectivity index (χ2n) is 13.5. The summed E-state index contributed by atoms with van der Waals surface area (Å²) in [5.74, 6) is -10.5. The van der Waals surface area contributed by atoms with Crippen LogP contribution in [0.2, 0.25) is 0 Å². The Bertz CT molecular complexity index is 1240. The number of carbonyl (C=O) groups excluding carboxylic acids is 2. The number of fused-ring (bicyclic) bond motifs is 6. The quantitative estimate of drug-likeness (QED) is 0.293.